The maximum Gasteiger partial charge on any atom is 0.224 e. The first kappa shape index (κ1) is 17.0. The summed E-state index contributed by atoms with van der Waals surface area (Å²) in [5.74, 6) is 0.858. The average Bonchev–Trinajstić information content (AvgIpc) is 3.05. The maximum atomic E-state index is 12.3. The van der Waals surface area contributed by atoms with E-state index in [9.17, 15) is 9.59 Å². The van der Waals surface area contributed by atoms with E-state index in [0.29, 0.717) is 6.42 Å². The van der Waals surface area contributed by atoms with E-state index in [-0.39, 0.29) is 17.9 Å². The third kappa shape index (κ3) is 4.79. The van der Waals surface area contributed by atoms with Gasteiger partial charge in [0.15, 0.2) is 0 Å². The lowest BCUT2D eigenvalue weighted by molar-refractivity contribution is -0.121. The zero-order chi connectivity index (χ0) is 17.6. The predicted molar refractivity (Wildman–Crippen MR) is 97.4 cm³/mol. The number of nitrogens with zero attached hydrogens (tertiary/aromatic N) is 2. The average molecular weight is 338 g/mol. The molecule has 1 aliphatic heterocycles. The minimum absolute atomic E-state index is 0.0140. The van der Waals surface area contributed by atoms with E-state index in [4.69, 9.17) is 0 Å². The Morgan fingerprint density at radius 2 is 2.00 bits per heavy atom. The summed E-state index contributed by atoms with van der Waals surface area (Å²) < 4.78 is 0. The van der Waals surface area contributed by atoms with Gasteiger partial charge in [-0.15, -0.1) is 0 Å². The highest BCUT2D eigenvalue weighted by Crippen LogP contribution is 2.17. The van der Waals surface area contributed by atoms with Crippen LogP contribution in [0.15, 0.2) is 48.7 Å². The molecular formula is C19H22N4O2. The van der Waals surface area contributed by atoms with Gasteiger partial charge in [0.05, 0.1) is 6.42 Å². The van der Waals surface area contributed by atoms with Crippen LogP contribution in [0.4, 0.5) is 11.5 Å². The van der Waals surface area contributed by atoms with Crippen molar-refractivity contribution in [1.29, 1.82) is 0 Å². The fourth-order valence-corrected chi connectivity index (χ4v) is 3.00. The highest BCUT2D eigenvalue weighted by molar-refractivity contribution is 5.88. The first-order valence-corrected chi connectivity index (χ1v) is 8.42. The number of carbonyl (C=O) groups excluding carboxylic acids is 2. The molecule has 2 heterocycles. The molecule has 130 valence electrons. The predicted octanol–water partition coefficient (Wildman–Crippen LogP) is 1.98. The van der Waals surface area contributed by atoms with Gasteiger partial charge in [0.1, 0.15) is 5.82 Å². The van der Waals surface area contributed by atoms with Crippen molar-refractivity contribution in [3.63, 3.8) is 0 Å². The molecule has 0 radical (unpaired) electrons. The molecule has 3 rings (SSSR count). The number of carbonyl (C=O) groups is 2. The Bertz CT molecular complexity index is 731. The Labute approximate surface area is 147 Å². The van der Waals surface area contributed by atoms with Crippen LogP contribution in [-0.2, 0) is 16.0 Å². The molecule has 1 aromatic heterocycles. The van der Waals surface area contributed by atoms with Crippen LogP contribution < -0.4 is 15.5 Å². The van der Waals surface area contributed by atoms with Gasteiger partial charge in [0.2, 0.25) is 11.8 Å². The normalized spacial score (nSPS) is 16.5. The van der Waals surface area contributed by atoms with Gasteiger partial charge in [0, 0.05) is 37.9 Å². The van der Waals surface area contributed by atoms with Crippen molar-refractivity contribution in [3.8, 4) is 0 Å². The molecule has 1 atom stereocenters. The Kier molecular flexibility index (Phi) is 5.28. The number of benzene rings is 1. The van der Waals surface area contributed by atoms with Crippen LogP contribution in [0.5, 0.6) is 0 Å². The van der Waals surface area contributed by atoms with Gasteiger partial charge in [-0.3, -0.25) is 9.59 Å². The maximum absolute atomic E-state index is 12.3. The van der Waals surface area contributed by atoms with Gasteiger partial charge < -0.3 is 15.5 Å². The molecule has 6 nitrogen and oxygen atoms in total. The van der Waals surface area contributed by atoms with E-state index in [0.717, 1.165) is 36.6 Å². The molecule has 0 bridgehead atoms. The van der Waals surface area contributed by atoms with Crippen LogP contribution in [0.25, 0.3) is 0 Å². The van der Waals surface area contributed by atoms with Crippen molar-refractivity contribution in [2.75, 3.05) is 23.3 Å². The molecule has 1 saturated heterocycles. The molecule has 2 amide bonds. The lowest BCUT2D eigenvalue weighted by atomic mass is 10.1. The second kappa shape index (κ2) is 7.79. The van der Waals surface area contributed by atoms with Crippen molar-refractivity contribution in [2.45, 2.75) is 25.8 Å². The Balaban J connectivity index is 1.49. The van der Waals surface area contributed by atoms with E-state index in [1.54, 1.807) is 6.20 Å². The van der Waals surface area contributed by atoms with Crippen LogP contribution in [0.2, 0.25) is 0 Å². The second-order valence-corrected chi connectivity index (χ2v) is 6.24. The highest BCUT2D eigenvalue weighted by Gasteiger charge is 2.24. The molecule has 2 N–H and O–H groups in total. The summed E-state index contributed by atoms with van der Waals surface area (Å²) in [6, 6.07) is 13.3. The van der Waals surface area contributed by atoms with Gasteiger partial charge in [-0.25, -0.2) is 4.98 Å². The van der Waals surface area contributed by atoms with Crippen molar-refractivity contribution in [2.24, 2.45) is 0 Å². The summed E-state index contributed by atoms with van der Waals surface area (Å²) in [5.41, 5.74) is 1.66. The summed E-state index contributed by atoms with van der Waals surface area (Å²) >= 11 is 0. The molecule has 25 heavy (non-hydrogen) atoms. The summed E-state index contributed by atoms with van der Waals surface area (Å²) in [7, 11) is 0. The van der Waals surface area contributed by atoms with Gasteiger partial charge in [-0.1, -0.05) is 18.2 Å². The van der Waals surface area contributed by atoms with E-state index in [2.05, 4.69) is 20.5 Å². The van der Waals surface area contributed by atoms with E-state index in [1.807, 2.05) is 42.5 Å². The van der Waals surface area contributed by atoms with Gasteiger partial charge in [-0.2, -0.15) is 0 Å². The molecule has 2 aromatic rings. The van der Waals surface area contributed by atoms with Gasteiger partial charge >= 0.3 is 0 Å². The van der Waals surface area contributed by atoms with Crippen LogP contribution in [0.3, 0.4) is 0 Å². The molecule has 0 aliphatic carbocycles. The Hall–Kier alpha value is -2.89. The van der Waals surface area contributed by atoms with Gasteiger partial charge in [0.25, 0.3) is 0 Å². The van der Waals surface area contributed by atoms with Gasteiger partial charge in [-0.05, 0) is 36.2 Å². The summed E-state index contributed by atoms with van der Waals surface area (Å²) in [5, 5.41) is 5.81. The number of nitrogens with one attached hydrogen (secondary N) is 2. The zero-order valence-electron chi connectivity index (χ0n) is 14.2. The lowest BCUT2D eigenvalue weighted by Gasteiger charge is -2.17. The lowest BCUT2D eigenvalue weighted by Crippen LogP contribution is -2.38. The molecule has 6 heteroatoms. The zero-order valence-corrected chi connectivity index (χ0v) is 14.2. The minimum Gasteiger partial charge on any atom is -0.354 e. The molecular weight excluding hydrogens is 316 g/mol. The monoisotopic (exact) mass is 338 g/mol. The molecule has 1 fully saturated rings. The quantitative estimate of drug-likeness (QED) is 0.874. The number of anilines is 2. The third-order valence-electron chi connectivity index (χ3n) is 4.17. The fraction of sp³-hybridized carbons (Fsp3) is 0.316. The summed E-state index contributed by atoms with van der Waals surface area (Å²) in [6.07, 6.45) is 3.04. The minimum atomic E-state index is -0.107. The standard InChI is InChI=1S/C19H22N4O2/c1-14(24)21-16-7-5-15(6-8-16)12-19(25)22-17-9-11-23(13-17)18-4-2-3-10-20-18/h2-8,10,17H,9,11-13H2,1H3,(H,21,24)(H,22,25)/t17-/m1/s1. The molecule has 1 aliphatic rings. The van der Waals surface area contributed by atoms with E-state index < -0.39 is 0 Å². The largest absolute Gasteiger partial charge is 0.354 e. The van der Waals surface area contributed by atoms with Crippen molar-refractivity contribution >= 4 is 23.3 Å². The van der Waals surface area contributed by atoms with Crippen LogP contribution in [0.1, 0.15) is 18.9 Å². The third-order valence-corrected chi connectivity index (χ3v) is 4.17. The number of hydrogen-bond donors (Lipinski definition) is 2. The van der Waals surface area contributed by atoms with Crippen molar-refractivity contribution in [3.05, 3.63) is 54.2 Å². The SMILES string of the molecule is CC(=O)Nc1ccc(CC(=O)N[C@@H]2CCN(c3ccccn3)C2)cc1. The van der Waals surface area contributed by atoms with Crippen molar-refractivity contribution < 1.29 is 9.59 Å². The van der Waals surface area contributed by atoms with E-state index in [1.165, 1.54) is 6.92 Å². The van der Waals surface area contributed by atoms with Crippen LogP contribution >= 0.6 is 0 Å². The first-order valence-electron chi connectivity index (χ1n) is 8.42. The number of rotatable bonds is 5. The number of aromatic nitrogens is 1. The summed E-state index contributed by atoms with van der Waals surface area (Å²) in [4.78, 5) is 29.8. The molecule has 0 saturated carbocycles. The molecule has 1 aromatic carbocycles. The Morgan fingerprint density at radius 3 is 2.68 bits per heavy atom. The topological polar surface area (TPSA) is 74.3 Å². The number of amides is 2. The van der Waals surface area contributed by atoms with Crippen LogP contribution in [0, 0.1) is 0 Å². The van der Waals surface area contributed by atoms with E-state index >= 15 is 0 Å². The second-order valence-electron chi connectivity index (χ2n) is 6.24. The highest BCUT2D eigenvalue weighted by atomic mass is 16.2. The smallest absolute Gasteiger partial charge is 0.224 e. The molecule has 0 unspecified atom stereocenters. The Morgan fingerprint density at radius 1 is 1.20 bits per heavy atom. The summed E-state index contributed by atoms with van der Waals surface area (Å²) in [6.45, 7) is 3.15. The fourth-order valence-electron chi connectivity index (χ4n) is 3.00. The molecule has 0 spiro atoms. The number of hydrogen-bond acceptors (Lipinski definition) is 4. The number of pyridine rings is 1. The first-order chi connectivity index (χ1) is 12.1. The van der Waals surface area contributed by atoms with Crippen LogP contribution in [-0.4, -0.2) is 35.9 Å². The van der Waals surface area contributed by atoms with Crippen molar-refractivity contribution in [1.82, 2.24) is 10.3 Å².